The first-order chi connectivity index (χ1) is 13.5. The normalized spacial score (nSPS) is 20.9. The molecule has 2 aliphatic heterocycles. The summed E-state index contributed by atoms with van der Waals surface area (Å²) in [5.74, 6) is -0.208. The molecule has 2 aliphatic rings. The Balaban J connectivity index is 1.67. The third-order valence-corrected chi connectivity index (χ3v) is 6.10. The van der Waals surface area contributed by atoms with Crippen LogP contribution in [0, 0.1) is 29.9 Å². The number of fused-ring (bicyclic) bond motifs is 3. The molecular weight excluding hydrogens is 354 g/mol. The third kappa shape index (κ3) is 3.23. The summed E-state index contributed by atoms with van der Waals surface area (Å²) in [6, 6.07) is 11.2. The number of para-hydroxylation sites is 1. The molecule has 146 valence electrons. The summed E-state index contributed by atoms with van der Waals surface area (Å²) in [5.41, 5.74) is 4.99. The number of carbonyl (C=O) groups excluding carboxylic acids is 1. The van der Waals surface area contributed by atoms with Crippen molar-refractivity contribution in [3.05, 3.63) is 63.2 Å². The van der Waals surface area contributed by atoms with Crippen molar-refractivity contribution in [2.45, 2.75) is 45.6 Å². The number of nitrogens with one attached hydrogen (secondary N) is 1. The summed E-state index contributed by atoms with van der Waals surface area (Å²) in [6.07, 6.45) is 3.70. The van der Waals surface area contributed by atoms with Crippen LogP contribution in [0.5, 0.6) is 0 Å². The van der Waals surface area contributed by atoms with Crippen LogP contribution >= 0.6 is 0 Å². The fourth-order valence-electron chi connectivity index (χ4n) is 4.67. The van der Waals surface area contributed by atoms with E-state index in [1.54, 1.807) is 12.1 Å². The molecule has 0 saturated carbocycles. The summed E-state index contributed by atoms with van der Waals surface area (Å²) < 4.78 is 0. The quantitative estimate of drug-likeness (QED) is 0.634. The Morgan fingerprint density at radius 1 is 1.18 bits per heavy atom. The van der Waals surface area contributed by atoms with E-state index >= 15 is 0 Å². The van der Waals surface area contributed by atoms with E-state index in [2.05, 4.69) is 10.2 Å². The van der Waals surface area contributed by atoms with Gasteiger partial charge in [0.1, 0.15) is 0 Å². The van der Waals surface area contributed by atoms with Gasteiger partial charge in [0, 0.05) is 36.1 Å². The van der Waals surface area contributed by atoms with Crippen LogP contribution in [0.25, 0.3) is 0 Å². The average molecular weight is 379 g/mol. The molecule has 0 spiro atoms. The first-order valence-electron chi connectivity index (χ1n) is 9.87. The lowest BCUT2D eigenvalue weighted by molar-refractivity contribution is -0.384. The lowest BCUT2D eigenvalue weighted by Gasteiger charge is -2.46. The van der Waals surface area contributed by atoms with Crippen LogP contribution in [-0.4, -0.2) is 23.4 Å². The number of benzene rings is 2. The third-order valence-electron chi connectivity index (χ3n) is 6.10. The van der Waals surface area contributed by atoms with Gasteiger partial charge in [0.25, 0.3) is 5.69 Å². The highest BCUT2D eigenvalue weighted by Crippen LogP contribution is 2.40. The Hall–Kier alpha value is -2.89. The predicted molar refractivity (Wildman–Crippen MR) is 110 cm³/mol. The van der Waals surface area contributed by atoms with Gasteiger partial charge in [-0.1, -0.05) is 18.2 Å². The van der Waals surface area contributed by atoms with Gasteiger partial charge in [-0.3, -0.25) is 14.9 Å². The second-order valence-electron chi connectivity index (χ2n) is 7.89. The van der Waals surface area contributed by atoms with E-state index in [0.29, 0.717) is 6.42 Å². The summed E-state index contributed by atoms with van der Waals surface area (Å²) in [6.45, 7) is 4.88. The minimum absolute atomic E-state index is 0.00598. The fourth-order valence-corrected chi connectivity index (χ4v) is 4.67. The number of carbonyl (C=O) groups is 1. The molecule has 2 heterocycles. The molecule has 2 aromatic rings. The van der Waals surface area contributed by atoms with Crippen LogP contribution in [0.1, 0.15) is 36.0 Å². The molecule has 28 heavy (non-hydrogen) atoms. The van der Waals surface area contributed by atoms with E-state index in [0.717, 1.165) is 53.9 Å². The lowest BCUT2D eigenvalue weighted by Crippen LogP contribution is -2.52. The van der Waals surface area contributed by atoms with Gasteiger partial charge in [0.05, 0.1) is 10.8 Å². The number of hydrogen-bond donors (Lipinski definition) is 1. The summed E-state index contributed by atoms with van der Waals surface area (Å²) in [7, 11) is 0. The highest BCUT2D eigenvalue weighted by Gasteiger charge is 2.40. The maximum atomic E-state index is 13.3. The van der Waals surface area contributed by atoms with Crippen molar-refractivity contribution in [2.24, 2.45) is 5.92 Å². The predicted octanol–water partition coefficient (Wildman–Crippen LogP) is 4.38. The Labute approximate surface area is 164 Å². The second-order valence-corrected chi connectivity index (χ2v) is 7.89. The zero-order valence-electron chi connectivity index (χ0n) is 16.3. The first-order valence-corrected chi connectivity index (χ1v) is 9.87. The molecule has 2 aromatic carbocycles. The molecule has 1 amide bonds. The largest absolute Gasteiger partial charge is 0.368 e. The standard InChI is InChI=1S/C22H25N3O3/c1-14-6-5-7-15(2)21(14)23-22(26)18-13-16-12-17(25(27)28)9-10-19(16)24-11-4-3-8-20(18)24/h5-7,9-10,12,18,20H,3-4,8,11,13H2,1-2H3,(H,23,26)/t18-,20-/m0/s1. The highest BCUT2D eigenvalue weighted by atomic mass is 16.6. The van der Waals surface area contributed by atoms with Gasteiger partial charge in [-0.05, 0) is 62.3 Å². The molecular formula is C22H25N3O3. The average Bonchev–Trinajstić information content (AvgIpc) is 2.69. The monoisotopic (exact) mass is 379 g/mol. The molecule has 0 aliphatic carbocycles. The van der Waals surface area contributed by atoms with Gasteiger partial charge in [-0.2, -0.15) is 0 Å². The highest BCUT2D eigenvalue weighted by molar-refractivity contribution is 5.95. The molecule has 1 N–H and O–H groups in total. The van der Waals surface area contributed by atoms with Crippen molar-refractivity contribution < 1.29 is 9.72 Å². The smallest absolute Gasteiger partial charge is 0.269 e. The zero-order chi connectivity index (χ0) is 19.8. The number of non-ortho nitro benzene ring substituents is 1. The van der Waals surface area contributed by atoms with Crippen LogP contribution in [0.15, 0.2) is 36.4 Å². The maximum absolute atomic E-state index is 13.3. The molecule has 6 heteroatoms. The molecule has 0 bridgehead atoms. The molecule has 2 atom stereocenters. The van der Waals surface area contributed by atoms with E-state index in [1.165, 1.54) is 0 Å². The molecule has 4 rings (SSSR count). The molecule has 0 unspecified atom stereocenters. The first kappa shape index (κ1) is 18.5. The van der Waals surface area contributed by atoms with E-state index in [4.69, 9.17) is 0 Å². The summed E-state index contributed by atoms with van der Waals surface area (Å²) >= 11 is 0. The Morgan fingerprint density at radius 3 is 2.64 bits per heavy atom. The van der Waals surface area contributed by atoms with Crippen molar-refractivity contribution in [3.8, 4) is 0 Å². The van der Waals surface area contributed by atoms with Crippen LogP contribution < -0.4 is 10.2 Å². The van der Waals surface area contributed by atoms with Crippen molar-refractivity contribution in [1.82, 2.24) is 0 Å². The van der Waals surface area contributed by atoms with Gasteiger partial charge in [-0.25, -0.2) is 0 Å². The number of hydrogen-bond acceptors (Lipinski definition) is 4. The van der Waals surface area contributed by atoms with Crippen LogP contribution in [0.2, 0.25) is 0 Å². The Bertz CT molecular complexity index is 920. The molecule has 0 aromatic heterocycles. The molecule has 1 fully saturated rings. The number of nitro groups is 1. The minimum Gasteiger partial charge on any atom is -0.368 e. The number of nitrogens with zero attached hydrogens (tertiary/aromatic N) is 2. The van der Waals surface area contributed by atoms with E-state index in [1.807, 2.05) is 38.1 Å². The molecule has 1 saturated heterocycles. The van der Waals surface area contributed by atoms with E-state index < -0.39 is 0 Å². The molecule has 6 nitrogen and oxygen atoms in total. The Morgan fingerprint density at radius 2 is 1.93 bits per heavy atom. The van der Waals surface area contributed by atoms with Gasteiger partial charge in [0.15, 0.2) is 0 Å². The Kier molecular flexibility index (Phi) is 4.79. The number of rotatable bonds is 3. The van der Waals surface area contributed by atoms with Gasteiger partial charge >= 0.3 is 0 Å². The number of nitro benzene ring substituents is 1. The minimum atomic E-state index is -0.367. The topological polar surface area (TPSA) is 75.5 Å². The van der Waals surface area contributed by atoms with Crippen LogP contribution in [0.3, 0.4) is 0 Å². The number of amides is 1. The lowest BCUT2D eigenvalue weighted by atomic mass is 9.80. The number of aryl methyl sites for hydroxylation is 2. The van der Waals surface area contributed by atoms with Crippen LogP contribution in [0.4, 0.5) is 17.1 Å². The number of piperidine rings is 1. The van der Waals surface area contributed by atoms with Crippen molar-refractivity contribution >= 4 is 23.0 Å². The van der Waals surface area contributed by atoms with Crippen LogP contribution in [-0.2, 0) is 11.2 Å². The SMILES string of the molecule is Cc1cccc(C)c1NC(=O)[C@H]1Cc2cc([N+](=O)[O-])ccc2N2CCCC[C@@H]12. The fraction of sp³-hybridized carbons (Fsp3) is 0.409. The summed E-state index contributed by atoms with van der Waals surface area (Å²) in [4.78, 5) is 26.4. The molecule has 0 radical (unpaired) electrons. The van der Waals surface area contributed by atoms with Gasteiger partial charge < -0.3 is 10.2 Å². The zero-order valence-corrected chi connectivity index (χ0v) is 16.3. The van der Waals surface area contributed by atoms with Crippen molar-refractivity contribution in [1.29, 1.82) is 0 Å². The van der Waals surface area contributed by atoms with E-state index in [-0.39, 0.29) is 28.5 Å². The van der Waals surface area contributed by atoms with Crippen molar-refractivity contribution in [2.75, 3.05) is 16.8 Å². The van der Waals surface area contributed by atoms with E-state index in [9.17, 15) is 14.9 Å². The number of anilines is 2. The van der Waals surface area contributed by atoms with Gasteiger partial charge in [-0.15, -0.1) is 0 Å². The summed E-state index contributed by atoms with van der Waals surface area (Å²) in [5, 5.41) is 14.4. The van der Waals surface area contributed by atoms with Crippen molar-refractivity contribution in [3.63, 3.8) is 0 Å². The second kappa shape index (κ2) is 7.26. The maximum Gasteiger partial charge on any atom is 0.269 e. The van der Waals surface area contributed by atoms with Gasteiger partial charge in [0.2, 0.25) is 5.91 Å².